The summed E-state index contributed by atoms with van der Waals surface area (Å²) in [4.78, 5) is 24.9. The Labute approximate surface area is 228 Å². The van der Waals surface area contributed by atoms with Crippen LogP contribution in [0.25, 0.3) is 0 Å². The summed E-state index contributed by atoms with van der Waals surface area (Å²) in [6.07, 6.45) is 4.96. The number of esters is 1. The largest absolute Gasteiger partial charge is 0.478 e. The molecule has 216 valence electrons. The first-order valence-electron chi connectivity index (χ1n) is 14.9. The molecule has 4 saturated carbocycles. The fourth-order valence-corrected chi connectivity index (χ4v) is 10.1. The van der Waals surface area contributed by atoms with E-state index in [0.717, 1.165) is 37.7 Å². The van der Waals surface area contributed by atoms with Gasteiger partial charge < -0.3 is 25.8 Å². The molecule has 0 radical (unpaired) electrons. The fraction of sp³-hybridized carbons (Fsp3) is 0.871. The van der Waals surface area contributed by atoms with E-state index in [0.29, 0.717) is 43.7 Å². The number of aliphatic hydroxyl groups excluding tert-OH is 2. The number of carboxylic acid groups (broad SMARTS) is 1. The molecule has 0 aromatic carbocycles. The number of rotatable bonds is 7. The predicted octanol–water partition coefficient (Wildman–Crippen LogP) is 4.68. The van der Waals surface area contributed by atoms with Gasteiger partial charge >= 0.3 is 11.9 Å². The van der Waals surface area contributed by atoms with Crippen molar-refractivity contribution in [1.82, 2.24) is 0 Å². The van der Waals surface area contributed by atoms with Crippen LogP contribution in [0.3, 0.4) is 0 Å². The summed E-state index contributed by atoms with van der Waals surface area (Å²) in [7, 11) is 0. The molecule has 0 bridgehead atoms. The normalized spacial score (nSPS) is 45.7. The lowest BCUT2D eigenvalue weighted by Crippen LogP contribution is -2.66. The Morgan fingerprint density at radius 2 is 1.76 bits per heavy atom. The minimum atomic E-state index is -0.936. The molecule has 5 N–H and O–H groups in total. The molecule has 0 spiro atoms. The summed E-state index contributed by atoms with van der Waals surface area (Å²) in [5.74, 6) is -0.734. The lowest BCUT2D eigenvalue weighted by molar-refractivity contribution is -0.234. The summed E-state index contributed by atoms with van der Waals surface area (Å²) < 4.78 is 5.89. The van der Waals surface area contributed by atoms with E-state index in [1.54, 1.807) is 0 Å². The van der Waals surface area contributed by atoms with E-state index < -0.39 is 30.3 Å². The van der Waals surface area contributed by atoms with Crippen molar-refractivity contribution in [1.29, 1.82) is 0 Å². The van der Waals surface area contributed by atoms with Crippen LogP contribution in [0.1, 0.15) is 99.3 Å². The molecule has 4 aliphatic rings. The Hall–Kier alpha value is -1.44. The van der Waals surface area contributed by atoms with Gasteiger partial charge in [0.25, 0.3) is 0 Å². The molecule has 4 rings (SSSR count). The summed E-state index contributed by atoms with van der Waals surface area (Å²) in [5.41, 5.74) is 6.53. The number of aliphatic carboxylic acids is 1. The van der Waals surface area contributed by atoms with Gasteiger partial charge in [0, 0.05) is 18.4 Å². The van der Waals surface area contributed by atoms with E-state index in [-0.39, 0.29) is 39.9 Å². The lowest BCUT2D eigenvalue weighted by atomic mass is 9.36. The highest BCUT2D eigenvalue weighted by Crippen LogP contribution is 2.74. The van der Waals surface area contributed by atoms with Crippen molar-refractivity contribution in [2.75, 3.05) is 6.54 Å². The lowest BCUT2D eigenvalue weighted by Gasteiger charge is -2.69. The molecule has 0 aliphatic heterocycles. The van der Waals surface area contributed by atoms with Gasteiger partial charge in [-0.3, -0.25) is 4.79 Å². The zero-order valence-corrected chi connectivity index (χ0v) is 24.3. The topological polar surface area (TPSA) is 130 Å². The average Bonchev–Trinajstić information content (AvgIpc) is 3.08. The Morgan fingerprint density at radius 3 is 2.34 bits per heavy atom. The average molecular weight is 534 g/mol. The number of aliphatic hydroxyl groups is 2. The van der Waals surface area contributed by atoms with Gasteiger partial charge in [0.05, 0.1) is 12.2 Å². The number of fused-ring (bicyclic) bond motifs is 5. The Balaban J connectivity index is 1.80. The number of hydrogen-bond donors (Lipinski definition) is 4. The van der Waals surface area contributed by atoms with Gasteiger partial charge in [0.1, 0.15) is 6.10 Å². The predicted molar refractivity (Wildman–Crippen MR) is 146 cm³/mol. The summed E-state index contributed by atoms with van der Waals surface area (Å²) in [5, 5.41) is 33.1. The Morgan fingerprint density at radius 1 is 1.08 bits per heavy atom. The molecular formula is C31H51NO6. The molecule has 4 aliphatic carbocycles. The van der Waals surface area contributed by atoms with Crippen molar-refractivity contribution >= 4 is 11.9 Å². The van der Waals surface area contributed by atoms with Crippen molar-refractivity contribution in [2.45, 2.75) is 118 Å². The van der Waals surface area contributed by atoms with E-state index >= 15 is 0 Å². The van der Waals surface area contributed by atoms with E-state index in [9.17, 15) is 24.9 Å². The molecule has 0 aromatic heterocycles. The summed E-state index contributed by atoms with van der Waals surface area (Å²) in [6.45, 7) is 13.0. The molecular weight excluding hydrogens is 482 g/mol. The maximum Gasteiger partial charge on any atom is 0.331 e. The zero-order chi connectivity index (χ0) is 28.2. The molecule has 10 atom stereocenters. The highest BCUT2D eigenvalue weighted by molar-refractivity contribution is 5.88. The van der Waals surface area contributed by atoms with Crippen LogP contribution in [-0.4, -0.2) is 52.1 Å². The van der Waals surface area contributed by atoms with Crippen LogP contribution in [0.2, 0.25) is 0 Å². The minimum Gasteiger partial charge on any atom is -0.478 e. The molecule has 4 fully saturated rings. The summed E-state index contributed by atoms with van der Waals surface area (Å²) in [6, 6.07) is 0. The first-order valence-corrected chi connectivity index (χ1v) is 14.9. The van der Waals surface area contributed by atoms with Crippen molar-refractivity contribution in [3.05, 3.63) is 11.1 Å². The molecule has 7 nitrogen and oxygen atoms in total. The molecule has 38 heavy (non-hydrogen) atoms. The third-order valence-electron chi connectivity index (χ3n) is 11.9. The second-order valence-electron chi connectivity index (χ2n) is 14.2. The SMILES string of the molecule is CC(=O)O[C@H]1C[C@@]2(C)[C@@H](C[C@@H](O)[C@H]3[C@@]4(C)CC[C@@H](O)[C@@H](CN)[C@@H]4CC[C@@]32C)/C1=C(\CCCC(C)C)C(=O)O. The third-order valence-corrected chi connectivity index (χ3v) is 11.9. The number of carbonyl (C=O) groups excluding carboxylic acids is 1. The van der Waals surface area contributed by atoms with E-state index in [1.165, 1.54) is 6.92 Å². The standard InChI is InChI=1S/C31H51NO6/c1-17(2)8-7-9-19(28(36)37)26-22-14-24(35)27-29(4)12-11-23(34)20(16-32)21(29)10-13-30(27,5)31(22,6)15-25(26)38-18(3)33/h17,20-25,27,34-35H,7-16,32H2,1-6H3,(H,36,37)/b26-19-/t20-,21-,22-,23+,24+,25-,27-,29-,30-,31-/m0/s1. The zero-order valence-electron chi connectivity index (χ0n) is 24.3. The van der Waals surface area contributed by atoms with E-state index in [4.69, 9.17) is 10.5 Å². The van der Waals surface area contributed by atoms with Gasteiger partial charge in [-0.1, -0.05) is 41.0 Å². The number of ether oxygens (including phenoxy) is 1. The van der Waals surface area contributed by atoms with Gasteiger partial charge in [0.2, 0.25) is 0 Å². The highest BCUT2D eigenvalue weighted by Gasteiger charge is 2.71. The van der Waals surface area contributed by atoms with Crippen LogP contribution in [-0.2, 0) is 14.3 Å². The van der Waals surface area contributed by atoms with Crippen LogP contribution in [0.5, 0.6) is 0 Å². The minimum absolute atomic E-state index is 0.00287. The smallest absolute Gasteiger partial charge is 0.331 e. The second-order valence-corrected chi connectivity index (χ2v) is 14.2. The first kappa shape index (κ1) is 29.5. The number of carbonyl (C=O) groups is 2. The van der Waals surface area contributed by atoms with Crippen LogP contribution < -0.4 is 5.73 Å². The highest BCUT2D eigenvalue weighted by atomic mass is 16.5. The third kappa shape index (κ3) is 4.54. The van der Waals surface area contributed by atoms with Crippen molar-refractivity contribution in [3.63, 3.8) is 0 Å². The van der Waals surface area contributed by atoms with Crippen LogP contribution >= 0.6 is 0 Å². The van der Waals surface area contributed by atoms with Crippen LogP contribution in [0, 0.1) is 45.8 Å². The number of nitrogens with two attached hydrogens (primary N) is 1. The molecule has 0 heterocycles. The maximum atomic E-state index is 12.7. The monoisotopic (exact) mass is 533 g/mol. The maximum absolute atomic E-state index is 12.7. The second kappa shape index (κ2) is 10.5. The molecule has 0 aromatic rings. The Kier molecular flexibility index (Phi) is 8.17. The van der Waals surface area contributed by atoms with Crippen LogP contribution in [0.4, 0.5) is 0 Å². The van der Waals surface area contributed by atoms with Gasteiger partial charge in [-0.2, -0.15) is 0 Å². The number of hydrogen-bond acceptors (Lipinski definition) is 6. The van der Waals surface area contributed by atoms with Gasteiger partial charge in [-0.05, 0) is 103 Å². The molecule has 0 unspecified atom stereocenters. The molecule has 0 saturated heterocycles. The van der Waals surface area contributed by atoms with Crippen molar-refractivity contribution < 1.29 is 29.6 Å². The molecule has 7 heteroatoms. The molecule has 0 amide bonds. The quantitative estimate of drug-likeness (QED) is 0.276. The summed E-state index contributed by atoms with van der Waals surface area (Å²) >= 11 is 0. The van der Waals surface area contributed by atoms with E-state index in [2.05, 4.69) is 34.6 Å². The van der Waals surface area contributed by atoms with Gasteiger partial charge in [-0.15, -0.1) is 0 Å². The van der Waals surface area contributed by atoms with Gasteiger partial charge in [-0.25, -0.2) is 4.79 Å². The first-order chi connectivity index (χ1) is 17.7. The fourth-order valence-electron chi connectivity index (χ4n) is 10.1. The van der Waals surface area contributed by atoms with Crippen molar-refractivity contribution in [2.24, 2.45) is 51.6 Å². The Bertz CT molecular complexity index is 962. The van der Waals surface area contributed by atoms with Crippen LogP contribution in [0.15, 0.2) is 11.1 Å². The number of carboxylic acids is 1. The van der Waals surface area contributed by atoms with E-state index in [1.807, 2.05) is 0 Å². The van der Waals surface area contributed by atoms with Crippen molar-refractivity contribution in [3.8, 4) is 0 Å². The van der Waals surface area contributed by atoms with Gasteiger partial charge in [0.15, 0.2) is 0 Å².